The molecule has 0 saturated heterocycles. The standard InChI is InChI=1S/C30H34O9/c1-16-13-18-14-20(31)24(35-4)26(37-6)22(18)23-19(15-21(34-3)25(36-5)27(23)38-7)28(30(16,2)33)39-29(32)17-11-9-8-10-12-17/h8-12,14-16,28,31,33H,13H2,1-7H3/t16-,28-,30+/m0/s1. The minimum absolute atomic E-state index is 0.117. The molecular weight excluding hydrogens is 504 g/mol. The lowest BCUT2D eigenvalue weighted by Crippen LogP contribution is -2.43. The molecule has 9 heteroatoms. The van der Waals surface area contributed by atoms with Gasteiger partial charge in [0.1, 0.15) is 5.60 Å². The number of rotatable bonds is 7. The lowest BCUT2D eigenvalue weighted by atomic mass is 9.73. The van der Waals surface area contributed by atoms with Gasteiger partial charge in [0, 0.05) is 16.7 Å². The number of phenols is 1. The third-order valence-electron chi connectivity index (χ3n) is 7.39. The quantitative estimate of drug-likeness (QED) is 0.404. The average Bonchev–Trinajstić information content (AvgIpc) is 2.94. The summed E-state index contributed by atoms with van der Waals surface area (Å²) in [5.41, 5.74) is 0.822. The van der Waals surface area contributed by atoms with Gasteiger partial charge >= 0.3 is 5.97 Å². The normalized spacial score (nSPS) is 20.0. The molecular formula is C30H34O9. The maximum Gasteiger partial charge on any atom is 0.338 e. The monoisotopic (exact) mass is 538 g/mol. The molecule has 4 rings (SSSR count). The molecule has 0 amide bonds. The van der Waals surface area contributed by atoms with Crippen molar-refractivity contribution in [3.05, 3.63) is 59.2 Å². The van der Waals surface area contributed by atoms with Crippen LogP contribution in [0.1, 0.15) is 41.4 Å². The van der Waals surface area contributed by atoms with E-state index in [1.165, 1.54) is 35.5 Å². The fourth-order valence-electron chi connectivity index (χ4n) is 5.19. The van der Waals surface area contributed by atoms with Crippen molar-refractivity contribution in [1.82, 2.24) is 0 Å². The summed E-state index contributed by atoms with van der Waals surface area (Å²) in [4.78, 5) is 13.4. The van der Waals surface area contributed by atoms with Gasteiger partial charge in [0.15, 0.2) is 29.1 Å². The molecule has 208 valence electrons. The number of carbonyl (C=O) groups is 1. The van der Waals surface area contributed by atoms with Crippen molar-refractivity contribution in [3.8, 4) is 45.6 Å². The zero-order valence-corrected chi connectivity index (χ0v) is 23.2. The average molecular weight is 539 g/mol. The summed E-state index contributed by atoms with van der Waals surface area (Å²) in [6.45, 7) is 3.48. The molecule has 0 spiro atoms. The zero-order valence-electron chi connectivity index (χ0n) is 23.2. The van der Waals surface area contributed by atoms with E-state index in [9.17, 15) is 15.0 Å². The van der Waals surface area contributed by atoms with Crippen LogP contribution >= 0.6 is 0 Å². The van der Waals surface area contributed by atoms with Crippen LogP contribution in [0.4, 0.5) is 0 Å². The molecule has 1 aliphatic rings. The van der Waals surface area contributed by atoms with E-state index in [1.807, 2.05) is 6.92 Å². The molecule has 9 nitrogen and oxygen atoms in total. The van der Waals surface area contributed by atoms with E-state index in [0.29, 0.717) is 45.7 Å². The number of aliphatic hydroxyl groups is 1. The first-order valence-electron chi connectivity index (χ1n) is 12.4. The number of esters is 1. The van der Waals surface area contributed by atoms with Crippen LogP contribution in [0.2, 0.25) is 0 Å². The zero-order chi connectivity index (χ0) is 28.5. The van der Waals surface area contributed by atoms with E-state index in [0.717, 1.165) is 0 Å². The van der Waals surface area contributed by atoms with Crippen LogP contribution in [0.15, 0.2) is 42.5 Å². The molecule has 3 atom stereocenters. The van der Waals surface area contributed by atoms with Gasteiger partial charge in [-0.05, 0) is 49.1 Å². The molecule has 0 aliphatic heterocycles. The Labute approximate surface area is 227 Å². The summed E-state index contributed by atoms with van der Waals surface area (Å²) < 4.78 is 34.6. The number of ether oxygens (including phenoxy) is 6. The topological polar surface area (TPSA) is 113 Å². The number of carbonyl (C=O) groups excluding carboxylic acids is 1. The van der Waals surface area contributed by atoms with Gasteiger partial charge in [0.05, 0.1) is 41.1 Å². The summed E-state index contributed by atoms with van der Waals surface area (Å²) in [6.07, 6.45) is -0.867. The minimum atomic E-state index is -1.57. The fraction of sp³-hybridized carbons (Fsp3) is 0.367. The van der Waals surface area contributed by atoms with Crippen LogP contribution in [0.5, 0.6) is 34.5 Å². The molecule has 0 radical (unpaired) electrons. The molecule has 3 aromatic rings. The molecule has 0 fully saturated rings. The summed E-state index contributed by atoms with van der Waals surface area (Å²) in [5.74, 6) is 0.0690. The number of benzene rings is 3. The van der Waals surface area contributed by atoms with Crippen molar-refractivity contribution in [3.63, 3.8) is 0 Å². The summed E-state index contributed by atoms with van der Waals surface area (Å²) >= 11 is 0. The molecule has 1 aliphatic carbocycles. The minimum Gasteiger partial charge on any atom is -0.504 e. The third-order valence-corrected chi connectivity index (χ3v) is 7.39. The van der Waals surface area contributed by atoms with E-state index in [4.69, 9.17) is 28.4 Å². The number of methoxy groups -OCH3 is 5. The van der Waals surface area contributed by atoms with E-state index < -0.39 is 23.6 Å². The molecule has 0 aromatic heterocycles. The number of aromatic hydroxyl groups is 1. The van der Waals surface area contributed by atoms with Gasteiger partial charge in [-0.3, -0.25) is 0 Å². The number of phenolic OH excluding ortho intramolecular Hbond substituents is 1. The second-order valence-electron chi connectivity index (χ2n) is 9.59. The van der Waals surface area contributed by atoms with Crippen LogP contribution in [0, 0.1) is 5.92 Å². The highest BCUT2D eigenvalue weighted by atomic mass is 16.6. The van der Waals surface area contributed by atoms with Gasteiger partial charge < -0.3 is 38.6 Å². The highest BCUT2D eigenvalue weighted by Crippen LogP contribution is 2.58. The Morgan fingerprint density at radius 3 is 2.00 bits per heavy atom. The molecule has 0 saturated carbocycles. The second-order valence-corrected chi connectivity index (χ2v) is 9.59. The number of fused-ring (bicyclic) bond motifs is 3. The molecule has 39 heavy (non-hydrogen) atoms. The Morgan fingerprint density at radius 2 is 1.44 bits per heavy atom. The Hall–Kier alpha value is -4.11. The Kier molecular flexibility index (Phi) is 7.83. The van der Waals surface area contributed by atoms with E-state index in [1.54, 1.807) is 49.4 Å². The predicted molar refractivity (Wildman–Crippen MR) is 144 cm³/mol. The van der Waals surface area contributed by atoms with E-state index in [-0.39, 0.29) is 23.0 Å². The molecule has 2 N–H and O–H groups in total. The van der Waals surface area contributed by atoms with Gasteiger partial charge in [0.25, 0.3) is 0 Å². The van der Waals surface area contributed by atoms with Crippen LogP contribution in [-0.4, -0.2) is 57.3 Å². The molecule has 0 bridgehead atoms. The summed E-state index contributed by atoms with van der Waals surface area (Å²) in [6, 6.07) is 11.8. The first-order valence-corrected chi connectivity index (χ1v) is 12.4. The lowest BCUT2D eigenvalue weighted by Gasteiger charge is -2.41. The molecule has 0 unspecified atom stereocenters. The number of hydrogen-bond donors (Lipinski definition) is 2. The first kappa shape index (κ1) is 27.9. The highest BCUT2D eigenvalue weighted by molar-refractivity contribution is 5.91. The van der Waals surface area contributed by atoms with Gasteiger partial charge in [-0.2, -0.15) is 0 Å². The predicted octanol–water partition coefficient (Wildman–Crippen LogP) is 4.94. The summed E-state index contributed by atoms with van der Waals surface area (Å²) in [5, 5.41) is 22.8. The molecule has 0 heterocycles. The van der Waals surface area contributed by atoms with E-state index in [2.05, 4.69) is 0 Å². The number of hydrogen-bond acceptors (Lipinski definition) is 9. The third kappa shape index (κ3) is 4.67. The van der Waals surface area contributed by atoms with E-state index >= 15 is 0 Å². The Morgan fingerprint density at radius 1 is 0.846 bits per heavy atom. The van der Waals surface area contributed by atoms with Gasteiger partial charge in [-0.25, -0.2) is 4.79 Å². The maximum absolute atomic E-state index is 13.4. The van der Waals surface area contributed by atoms with Crippen LogP contribution in [-0.2, 0) is 11.2 Å². The van der Waals surface area contributed by atoms with Crippen molar-refractivity contribution in [2.24, 2.45) is 5.92 Å². The highest BCUT2D eigenvalue weighted by Gasteiger charge is 2.46. The van der Waals surface area contributed by atoms with Crippen molar-refractivity contribution in [2.75, 3.05) is 35.5 Å². The van der Waals surface area contributed by atoms with Crippen molar-refractivity contribution in [2.45, 2.75) is 32.0 Å². The second kappa shape index (κ2) is 10.9. The van der Waals surface area contributed by atoms with Crippen LogP contribution in [0.25, 0.3) is 11.1 Å². The fourth-order valence-corrected chi connectivity index (χ4v) is 5.19. The van der Waals surface area contributed by atoms with Gasteiger partial charge in [-0.15, -0.1) is 0 Å². The van der Waals surface area contributed by atoms with Crippen molar-refractivity contribution in [1.29, 1.82) is 0 Å². The first-order chi connectivity index (χ1) is 18.6. The SMILES string of the molecule is COc1cc2c(c(OC)c1OC)-c1c(cc(O)c(OC)c1OC)C[C@H](C)[C@@](C)(O)[C@H]2OC(=O)c1ccccc1. The lowest BCUT2D eigenvalue weighted by molar-refractivity contribution is -0.107. The van der Waals surface area contributed by atoms with Gasteiger partial charge in [-0.1, -0.05) is 25.1 Å². The molecule has 3 aromatic carbocycles. The van der Waals surface area contributed by atoms with Crippen molar-refractivity contribution < 1.29 is 43.4 Å². The Bertz CT molecular complexity index is 1370. The van der Waals surface area contributed by atoms with Gasteiger partial charge in [0.2, 0.25) is 11.5 Å². The largest absolute Gasteiger partial charge is 0.504 e. The smallest absolute Gasteiger partial charge is 0.338 e. The van der Waals surface area contributed by atoms with Crippen molar-refractivity contribution >= 4 is 5.97 Å². The van der Waals surface area contributed by atoms with Crippen LogP contribution < -0.4 is 23.7 Å². The Balaban J connectivity index is 2.14. The maximum atomic E-state index is 13.4. The van der Waals surface area contributed by atoms with Crippen LogP contribution in [0.3, 0.4) is 0 Å². The summed E-state index contributed by atoms with van der Waals surface area (Å²) in [7, 11) is 7.34.